The Morgan fingerprint density at radius 1 is 1.28 bits per heavy atom. The molecule has 1 unspecified atom stereocenters. The standard InChI is InChI=1S/C33H32ClF2N7O2S/c1-15(33-8-3-9-42(33)12-16(35)10-33)45-32-40-28-25-29(44-14-21-20-7-6-17(39-20)13-43(21)31(25)41-32)26(34)24(27(28)36)18-4-2-5-22-23(18)19(11-37)30(38)46-22/h2,4-5,15-17,20-21,39H,3,6-10,12-14,38H2,1H3/t15?,16-,17+,20-,21-,33-/m0/s1. The molecule has 0 saturated carbocycles. The molecule has 3 N–H and O–H groups in total. The van der Waals surface area contributed by atoms with Crippen molar-refractivity contribution in [2.75, 3.05) is 36.9 Å². The number of nitrogens with two attached hydrogens (primary N) is 1. The van der Waals surface area contributed by atoms with Crippen LogP contribution in [0, 0.1) is 17.1 Å². The highest BCUT2D eigenvalue weighted by molar-refractivity contribution is 7.23. The molecule has 4 saturated heterocycles. The number of aromatic nitrogens is 2. The molecule has 0 radical (unpaired) electrons. The first kappa shape index (κ1) is 28.7. The normalized spacial score (nSPS) is 29.0. The zero-order valence-electron chi connectivity index (χ0n) is 25.2. The van der Waals surface area contributed by atoms with E-state index >= 15 is 4.39 Å². The second-order valence-corrected chi connectivity index (χ2v) is 14.8. The molecular weight excluding hydrogens is 632 g/mol. The summed E-state index contributed by atoms with van der Waals surface area (Å²) in [7, 11) is 0. The van der Waals surface area contributed by atoms with Gasteiger partial charge in [0.15, 0.2) is 11.6 Å². The van der Waals surface area contributed by atoms with Crippen molar-refractivity contribution < 1.29 is 18.3 Å². The number of nitrogens with one attached hydrogen (secondary N) is 1. The number of nitriles is 1. The van der Waals surface area contributed by atoms with Gasteiger partial charge in [0.25, 0.3) is 0 Å². The van der Waals surface area contributed by atoms with E-state index in [1.165, 1.54) is 11.3 Å². The van der Waals surface area contributed by atoms with E-state index in [-0.39, 0.29) is 45.8 Å². The summed E-state index contributed by atoms with van der Waals surface area (Å²) >= 11 is 8.40. The van der Waals surface area contributed by atoms with Crippen LogP contribution in [0.5, 0.6) is 11.8 Å². The van der Waals surface area contributed by atoms with Crippen LogP contribution in [0.1, 0.15) is 44.6 Å². The van der Waals surface area contributed by atoms with Gasteiger partial charge >= 0.3 is 6.01 Å². The molecule has 2 aromatic heterocycles. The summed E-state index contributed by atoms with van der Waals surface area (Å²) in [5.74, 6) is 0.182. The first-order valence-corrected chi connectivity index (χ1v) is 17.1. The van der Waals surface area contributed by atoms with Crippen molar-refractivity contribution in [3.05, 3.63) is 34.6 Å². The molecule has 0 spiro atoms. The van der Waals surface area contributed by atoms with Crippen LogP contribution >= 0.6 is 22.9 Å². The smallest absolute Gasteiger partial charge is 0.319 e. The monoisotopic (exact) mass is 663 g/mol. The molecule has 6 atom stereocenters. The van der Waals surface area contributed by atoms with Gasteiger partial charge in [-0.15, -0.1) is 11.3 Å². The number of halogens is 3. The predicted octanol–water partition coefficient (Wildman–Crippen LogP) is 5.80. The van der Waals surface area contributed by atoms with Crippen LogP contribution in [0.4, 0.5) is 19.6 Å². The van der Waals surface area contributed by atoms with Crippen molar-refractivity contribution in [1.82, 2.24) is 20.2 Å². The summed E-state index contributed by atoms with van der Waals surface area (Å²) in [5, 5.41) is 15.1. The third-order valence-electron chi connectivity index (χ3n) is 11.0. The molecule has 238 valence electrons. The SMILES string of the molecule is CC(Oc1nc2c3c(c(Cl)c(-c4cccc5sc(N)c(C#N)c45)c(F)c3n1)OC[C@H]1[C@@H]3CC[C@H](CN21)N3)[C@@]12CCCN1C[C@@H](F)C2. The first-order valence-electron chi connectivity index (χ1n) is 15.9. The largest absolute Gasteiger partial charge is 0.489 e. The summed E-state index contributed by atoms with van der Waals surface area (Å²) in [6.45, 7) is 4.15. The second kappa shape index (κ2) is 10.2. The van der Waals surface area contributed by atoms with Crippen LogP contribution in [0.2, 0.25) is 5.02 Å². The summed E-state index contributed by atoms with van der Waals surface area (Å²) in [4.78, 5) is 14.1. The molecule has 46 heavy (non-hydrogen) atoms. The van der Waals surface area contributed by atoms with Crippen molar-refractivity contribution in [1.29, 1.82) is 5.26 Å². The highest BCUT2D eigenvalue weighted by atomic mass is 35.5. The number of thiophene rings is 1. The Balaban J connectivity index is 1.27. The van der Waals surface area contributed by atoms with Gasteiger partial charge in [0.1, 0.15) is 41.3 Å². The third kappa shape index (κ3) is 3.95. The second-order valence-electron chi connectivity index (χ2n) is 13.3. The van der Waals surface area contributed by atoms with Crippen LogP contribution in [-0.2, 0) is 0 Å². The fraction of sp³-hybridized carbons (Fsp3) is 0.485. The average Bonchev–Trinajstić information content (AvgIpc) is 3.76. The first-order chi connectivity index (χ1) is 22.3. The Kier molecular flexibility index (Phi) is 6.39. The number of benzene rings is 2. The van der Waals surface area contributed by atoms with E-state index in [2.05, 4.69) is 21.2 Å². The maximum Gasteiger partial charge on any atom is 0.319 e. The highest BCUT2D eigenvalue weighted by Gasteiger charge is 2.53. The fourth-order valence-corrected chi connectivity index (χ4v) is 10.2. The van der Waals surface area contributed by atoms with Crippen molar-refractivity contribution in [3.8, 4) is 29.0 Å². The van der Waals surface area contributed by atoms with Crippen LogP contribution in [0.3, 0.4) is 0 Å². The summed E-state index contributed by atoms with van der Waals surface area (Å²) in [5.41, 5.74) is 6.59. The number of fused-ring (bicyclic) bond motifs is 7. The van der Waals surface area contributed by atoms with Crippen molar-refractivity contribution in [2.24, 2.45) is 0 Å². The quantitative estimate of drug-likeness (QED) is 0.280. The van der Waals surface area contributed by atoms with E-state index in [4.69, 9.17) is 36.8 Å². The van der Waals surface area contributed by atoms with Gasteiger partial charge in [0, 0.05) is 47.2 Å². The van der Waals surface area contributed by atoms with Crippen LogP contribution in [0.25, 0.3) is 32.1 Å². The van der Waals surface area contributed by atoms with E-state index in [1.807, 2.05) is 13.0 Å². The average molecular weight is 664 g/mol. The predicted molar refractivity (Wildman–Crippen MR) is 174 cm³/mol. The van der Waals surface area contributed by atoms with E-state index < -0.39 is 23.6 Å². The molecule has 0 aliphatic carbocycles. The van der Waals surface area contributed by atoms with E-state index in [0.717, 1.165) is 36.9 Å². The molecule has 0 amide bonds. The van der Waals surface area contributed by atoms with Crippen molar-refractivity contribution in [3.63, 3.8) is 0 Å². The van der Waals surface area contributed by atoms with Crippen molar-refractivity contribution >= 4 is 54.7 Å². The molecule has 9 rings (SSSR count). The number of alkyl halides is 1. The highest BCUT2D eigenvalue weighted by Crippen LogP contribution is 2.52. The zero-order chi connectivity index (χ0) is 31.5. The Labute approximate surface area is 273 Å². The van der Waals surface area contributed by atoms with Gasteiger partial charge in [-0.05, 0) is 50.8 Å². The van der Waals surface area contributed by atoms with Gasteiger partial charge in [-0.25, -0.2) is 8.78 Å². The molecule has 7 heterocycles. The fourth-order valence-electron chi connectivity index (χ4n) is 8.90. The van der Waals surface area contributed by atoms with Gasteiger partial charge in [0.2, 0.25) is 0 Å². The number of nitrogen functional groups attached to an aromatic ring is 1. The Morgan fingerprint density at radius 3 is 3.00 bits per heavy atom. The van der Waals surface area contributed by atoms with Gasteiger partial charge in [-0.1, -0.05) is 23.7 Å². The Hall–Kier alpha value is -3.50. The molecule has 2 bridgehead atoms. The van der Waals surface area contributed by atoms with E-state index in [0.29, 0.717) is 59.0 Å². The number of hydrogen-bond donors (Lipinski definition) is 2. The van der Waals surface area contributed by atoms with E-state index in [9.17, 15) is 9.65 Å². The van der Waals surface area contributed by atoms with Crippen molar-refractivity contribution in [2.45, 2.75) is 75.0 Å². The zero-order valence-corrected chi connectivity index (χ0v) is 26.7. The minimum Gasteiger partial charge on any atom is -0.489 e. The maximum atomic E-state index is 17.2. The number of hydrogen-bond acceptors (Lipinski definition) is 10. The lowest BCUT2D eigenvalue weighted by Crippen LogP contribution is -2.60. The number of nitrogens with zero attached hydrogens (tertiary/aromatic N) is 5. The molecule has 2 aromatic carbocycles. The lowest BCUT2D eigenvalue weighted by atomic mass is 9.88. The lowest BCUT2D eigenvalue weighted by Gasteiger charge is -2.40. The molecule has 4 aromatic rings. The summed E-state index contributed by atoms with van der Waals surface area (Å²) < 4.78 is 45.7. The number of anilines is 2. The van der Waals surface area contributed by atoms with Gasteiger partial charge < -0.3 is 25.4 Å². The van der Waals surface area contributed by atoms with Gasteiger partial charge in [-0.3, -0.25) is 4.90 Å². The summed E-state index contributed by atoms with van der Waals surface area (Å²) in [6, 6.07) is 8.00. The number of ether oxygens (including phenoxy) is 2. The maximum absolute atomic E-state index is 17.2. The lowest BCUT2D eigenvalue weighted by molar-refractivity contribution is 0.0402. The topological polar surface area (TPSA) is 113 Å². The molecule has 9 nitrogen and oxygen atoms in total. The number of rotatable bonds is 4. The van der Waals surface area contributed by atoms with Gasteiger partial charge in [0.05, 0.1) is 27.6 Å². The number of piperazine rings is 1. The summed E-state index contributed by atoms with van der Waals surface area (Å²) in [6.07, 6.45) is 2.86. The minimum atomic E-state index is -0.917. The molecule has 4 fully saturated rings. The Bertz CT molecular complexity index is 1990. The molecule has 13 heteroatoms. The Morgan fingerprint density at radius 2 is 2.15 bits per heavy atom. The van der Waals surface area contributed by atoms with E-state index in [1.54, 1.807) is 12.1 Å². The molecular formula is C33H32ClF2N7O2S. The minimum absolute atomic E-state index is 0.0300. The van der Waals surface area contributed by atoms with Crippen LogP contribution < -0.4 is 25.4 Å². The van der Waals surface area contributed by atoms with Gasteiger partial charge in [-0.2, -0.15) is 15.2 Å². The molecule has 5 aliphatic heterocycles. The third-order valence-corrected chi connectivity index (χ3v) is 12.3. The van der Waals surface area contributed by atoms with Crippen LogP contribution in [0.15, 0.2) is 18.2 Å². The van der Waals surface area contributed by atoms with Crippen LogP contribution in [-0.4, -0.2) is 77.0 Å². The molecule has 5 aliphatic rings.